The van der Waals surface area contributed by atoms with E-state index in [2.05, 4.69) is 4.90 Å². The van der Waals surface area contributed by atoms with Gasteiger partial charge >= 0.3 is 0 Å². The lowest BCUT2D eigenvalue weighted by atomic mass is 10.1. The van der Waals surface area contributed by atoms with Gasteiger partial charge < -0.3 is 9.64 Å². The molecule has 70 valence electrons. The van der Waals surface area contributed by atoms with Gasteiger partial charge in [-0.25, -0.2) is 0 Å². The molecule has 1 atom stereocenters. The Labute approximate surface area is 74.9 Å². The van der Waals surface area contributed by atoms with Crippen LogP contribution in [0.3, 0.4) is 0 Å². The molecular weight excluding hydrogens is 150 g/mol. The molecule has 2 rings (SSSR count). The minimum atomic E-state index is 0.836. The predicted octanol–water partition coefficient (Wildman–Crippen LogP) is 1.51. The van der Waals surface area contributed by atoms with Crippen LogP contribution in [0.1, 0.15) is 25.7 Å². The van der Waals surface area contributed by atoms with E-state index in [1.165, 1.54) is 45.3 Å². The van der Waals surface area contributed by atoms with Crippen LogP contribution in [0.2, 0.25) is 0 Å². The van der Waals surface area contributed by atoms with Crippen LogP contribution in [-0.2, 0) is 4.74 Å². The topological polar surface area (TPSA) is 12.5 Å². The second-order valence-corrected chi connectivity index (χ2v) is 4.09. The van der Waals surface area contributed by atoms with Crippen LogP contribution in [0.4, 0.5) is 0 Å². The maximum absolute atomic E-state index is 5.37. The van der Waals surface area contributed by atoms with Gasteiger partial charge in [0, 0.05) is 13.2 Å². The standard InChI is InChI=1S/C10H19NO/c1-2-5-11(6-3-1)8-10-4-7-12-9-10/h10H,1-9H2/t10-/m1/s1. The molecular formula is C10H19NO. The van der Waals surface area contributed by atoms with Crippen LogP contribution in [0.15, 0.2) is 0 Å². The molecule has 12 heavy (non-hydrogen) atoms. The van der Waals surface area contributed by atoms with E-state index in [1.807, 2.05) is 0 Å². The van der Waals surface area contributed by atoms with Crippen LogP contribution >= 0.6 is 0 Å². The Hall–Kier alpha value is -0.0800. The molecule has 0 saturated carbocycles. The van der Waals surface area contributed by atoms with E-state index in [1.54, 1.807) is 0 Å². The fraction of sp³-hybridized carbons (Fsp3) is 1.00. The van der Waals surface area contributed by atoms with Gasteiger partial charge in [-0.3, -0.25) is 0 Å². The molecule has 0 radical (unpaired) electrons. The van der Waals surface area contributed by atoms with Crippen molar-refractivity contribution in [2.45, 2.75) is 25.7 Å². The summed E-state index contributed by atoms with van der Waals surface area (Å²) in [6.07, 6.45) is 5.55. The Balaban J connectivity index is 1.69. The van der Waals surface area contributed by atoms with Crippen molar-refractivity contribution in [1.29, 1.82) is 0 Å². The summed E-state index contributed by atoms with van der Waals surface area (Å²) in [5.74, 6) is 0.836. The number of hydrogen-bond acceptors (Lipinski definition) is 2. The van der Waals surface area contributed by atoms with Crippen LogP contribution < -0.4 is 0 Å². The summed E-state index contributed by atoms with van der Waals surface area (Å²) in [5.41, 5.74) is 0. The highest BCUT2D eigenvalue weighted by molar-refractivity contribution is 4.72. The van der Waals surface area contributed by atoms with Crippen LogP contribution in [0.25, 0.3) is 0 Å². The van der Waals surface area contributed by atoms with Gasteiger partial charge in [-0.2, -0.15) is 0 Å². The van der Waals surface area contributed by atoms with Gasteiger partial charge in [-0.15, -0.1) is 0 Å². The molecule has 0 bridgehead atoms. The monoisotopic (exact) mass is 169 g/mol. The molecule has 2 fully saturated rings. The Bertz CT molecular complexity index is 126. The average molecular weight is 169 g/mol. The van der Waals surface area contributed by atoms with Gasteiger partial charge in [-0.1, -0.05) is 6.42 Å². The summed E-state index contributed by atoms with van der Waals surface area (Å²) in [6.45, 7) is 5.96. The lowest BCUT2D eigenvalue weighted by molar-refractivity contribution is 0.157. The first-order chi connectivity index (χ1) is 5.95. The highest BCUT2D eigenvalue weighted by Gasteiger charge is 2.19. The Morgan fingerprint density at radius 2 is 2.00 bits per heavy atom. The van der Waals surface area contributed by atoms with E-state index in [9.17, 15) is 0 Å². The fourth-order valence-electron chi connectivity index (χ4n) is 2.23. The summed E-state index contributed by atoms with van der Waals surface area (Å²) in [4.78, 5) is 2.61. The molecule has 0 N–H and O–H groups in total. The number of hydrogen-bond donors (Lipinski definition) is 0. The van der Waals surface area contributed by atoms with Gasteiger partial charge in [0.1, 0.15) is 0 Å². The largest absolute Gasteiger partial charge is 0.381 e. The zero-order valence-electron chi connectivity index (χ0n) is 7.80. The molecule has 2 heteroatoms. The second kappa shape index (κ2) is 4.24. The van der Waals surface area contributed by atoms with Crippen molar-refractivity contribution in [2.75, 3.05) is 32.8 Å². The number of ether oxygens (including phenoxy) is 1. The lowest BCUT2D eigenvalue weighted by Gasteiger charge is -2.28. The summed E-state index contributed by atoms with van der Waals surface area (Å²) < 4.78 is 5.37. The third-order valence-corrected chi connectivity index (χ3v) is 2.99. The molecule has 0 aromatic heterocycles. The van der Waals surface area contributed by atoms with Gasteiger partial charge in [0.05, 0.1) is 6.61 Å². The Kier molecular flexibility index (Phi) is 3.01. The quantitative estimate of drug-likeness (QED) is 0.621. The van der Waals surface area contributed by atoms with Crippen molar-refractivity contribution in [3.05, 3.63) is 0 Å². The van der Waals surface area contributed by atoms with Gasteiger partial charge in [0.25, 0.3) is 0 Å². The second-order valence-electron chi connectivity index (χ2n) is 4.09. The molecule has 0 aromatic carbocycles. The highest BCUT2D eigenvalue weighted by atomic mass is 16.5. The molecule has 2 aliphatic heterocycles. The van der Waals surface area contributed by atoms with Crippen molar-refractivity contribution in [3.63, 3.8) is 0 Å². The average Bonchev–Trinajstić information content (AvgIpc) is 2.59. The van der Waals surface area contributed by atoms with E-state index >= 15 is 0 Å². The lowest BCUT2D eigenvalue weighted by Crippen LogP contribution is -2.34. The first-order valence-corrected chi connectivity index (χ1v) is 5.25. The summed E-state index contributed by atoms with van der Waals surface area (Å²) in [5, 5.41) is 0. The summed E-state index contributed by atoms with van der Waals surface area (Å²) >= 11 is 0. The first-order valence-electron chi connectivity index (χ1n) is 5.25. The van der Waals surface area contributed by atoms with Crippen molar-refractivity contribution < 1.29 is 4.74 Å². The van der Waals surface area contributed by atoms with Crippen LogP contribution in [0, 0.1) is 5.92 Å². The van der Waals surface area contributed by atoms with Gasteiger partial charge in [0.15, 0.2) is 0 Å². The van der Waals surface area contributed by atoms with E-state index in [0.29, 0.717) is 0 Å². The number of piperidine rings is 1. The normalized spacial score (nSPS) is 32.5. The Morgan fingerprint density at radius 3 is 2.67 bits per heavy atom. The van der Waals surface area contributed by atoms with Gasteiger partial charge in [0.2, 0.25) is 0 Å². The van der Waals surface area contributed by atoms with Crippen LogP contribution in [-0.4, -0.2) is 37.7 Å². The van der Waals surface area contributed by atoms with E-state index in [4.69, 9.17) is 4.74 Å². The third-order valence-electron chi connectivity index (χ3n) is 2.99. The van der Waals surface area contributed by atoms with E-state index in [-0.39, 0.29) is 0 Å². The van der Waals surface area contributed by atoms with Crippen molar-refractivity contribution in [3.8, 4) is 0 Å². The molecule has 2 nitrogen and oxygen atoms in total. The third kappa shape index (κ3) is 2.20. The molecule has 0 amide bonds. The highest BCUT2D eigenvalue weighted by Crippen LogP contribution is 2.16. The van der Waals surface area contributed by atoms with Crippen molar-refractivity contribution >= 4 is 0 Å². The maximum atomic E-state index is 5.37. The smallest absolute Gasteiger partial charge is 0.0507 e. The van der Waals surface area contributed by atoms with Crippen LogP contribution in [0.5, 0.6) is 0 Å². The molecule has 0 unspecified atom stereocenters. The molecule has 2 saturated heterocycles. The zero-order chi connectivity index (χ0) is 8.23. The van der Waals surface area contributed by atoms with E-state index < -0.39 is 0 Å². The maximum Gasteiger partial charge on any atom is 0.0507 e. The predicted molar refractivity (Wildman–Crippen MR) is 49.2 cm³/mol. The van der Waals surface area contributed by atoms with Gasteiger partial charge in [-0.05, 0) is 38.3 Å². The molecule has 2 heterocycles. The molecule has 0 aromatic rings. The fourth-order valence-corrected chi connectivity index (χ4v) is 2.23. The summed E-state index contributed by atoms with van der Waals surface area (Å²) in [6, 6.07) is 0. The SMILES string of the molecule is C1CCN(C[C@H]2CCOC2)CC1. The first kappa shape index (κ1) is 8.52. The molecule has 2 aliphatic rings. The number of rotatable bonds is 2. The number of nitrogens with zero attached hydrogens (tertiary/aromatic N) is 1. The zero-order valence-corrected chi connectivity index (χ0v) is 7.80. The minimum Gasteiger partial charge on any atom is -0.381 e. The number of likely N-dealkylation sites (tertiary alicyclic amines) is 1. The van der Waals surface area contributed by atoms with E-state index in [0.717, 1.165) is 19.1 Å². The van der Waals surface area contributed by atoms with Crippen molar-refractivity contribution in [2.24, 2.45) is 5.92 Å². The Morgan fingerprint density at radius 1 is 1.17 bits per heavy atom. The van der Waals surface area contributed by atoms with Crippen molar-refractivity contribution in [1.82, 2.24) is 4.90 Å². The minimum absolute atomic E-state index is 0.836. The summed E-state index contributed by atoms with van der Waals surface area (Å²) in [7, 11) is 0. The molecule has 0 aliphatic carbocycles. The molecule has 0 spiro atoms.